The summed E-state index contributed by atoms with van der Waals surface area (Å²) in [5, 5.41) is 18.7. The fourth-order valence-corrected chi connectivity index (χ4v) is 2.39. The minimum atomic E-state index is -0.490. The van der Waals surface area contributed by atoms with Gasteiger partial charge in [0.25, 0.3) is 0 Å². The number of β-amino-alcohol motifs (C(OH)–C–C–N with tert-alkyl or cyclic N) is 1. The van der Waals surface area contributed by atoms with Gasteiger partial charge in [-0.25, -0.2) is 0 Å². The van der Waals surface area contributed by atoms with Crippen LogP contribution in [0.1, 0.15) is 18.9 Å². The molecule has 0 saturated carbocycles. The highest BCUT2D eigenvalue weighted by Gasteiger charge is 2.21. The molecule has 2 unspecified atom stereocenters. The van der Waals surface area contributed by atoms with E-state index >= 15 is 0 Å². The van der Waals surface area contributed by atoms with E-state index in [4.69, 9.17) is 10.00 Å². The number of hydrogen-bond donors (Lipinski definition) is 1. The van der Waals surface area contributed by atoms with Gasteiger partial charge in [-0.15, -0.1) is 0 Å². The highest BCUT2D eigenvalue weighted by Crippen LogP contribution is 2.16. The van der Waals surface area contributed by atoms with Crippen molar-refractivity contribution in [3.8, 4) is 11.8 Å². The minimum Gasteiger partial charge on any atom is -0.491 e. The largest absolute Gasteiger partial charge is 0.491 e. The topological polar surface area (TPSA) is 56.5 Å². The molecule has 4 nitrogen and oxygen atoms in total. The fourth-order valence-electron chi connectivity index (χ4n) is 2.39. The van der Waals surface area contributed by atoms with Crippen molar-refractivity contribution >= 4 is 0 Å². The molecular weight excluding hydrogens is 240 g/mol. The van der Waals surface area contributed by atoms with E-state index in [1.807, 2.05) is 0 Å². The van der Waals surface area contributed by atoms with Crippen LogP contribution in [-0.4, -0.2) is 42.4 Å². The fraction of sp³-hybridized carbons (Fsp3) is 0.533. The summed E-state index contributed by atoms with van der Waals surface area (Å²) in [7, 11) is 0. The summed E-state index contributed by atoms with van der Waals surface area (Å²) in [4.78, 5) is 2.27. The quantitative estimate of drug-likeness (QED) is 0.874. The Labute approximate surface area is 114 Å². The Bertz CT molecular complexity index is 456. The maximum absolute atomic E-state index is 9.95. The van der Waals surface area contributed by atoms with Crippen molar-refractivity contribution in [2.24, 2.45) is 5.92 Å². The molecule has 1 heterocycles. The Morgan fingerprint density at radius 2 is 2.42 bits per heavy atom. The molecule has 1 saturated heterocycles. The number of aliphatic hydroxyl groups excluding tert-OH is 1. The normalized spacial score (nSPS) is 21.0. The van der Waals surface area contributed by atoms with Crippen molar-refractivity contribution in [1.29, 1.82) is 5.26 Å². The molecule has 0 aliphatic carbocycles. The highest BCUT2D eigenvalue weighted by atomic mass is 16.5. The van der Waals surface area contributed by atoms with Crippen LogP contribution >= 0.6 is 0 Å². The van der Waals surface area contributed by atoms with Gasteiger partial charge < -0.3 is 14.7 Å². The molecule has 1 aliphatic heterocycles. The van der Waals surface area contributed by atoms with E-state index in [0.29, 0.717) is 17.9 Å². The molecule has 0 spiro atoms. The van der Waals surface area contributed by atoms with Crippen molar-refractivity contribution in [3.05, 3.63) is 29.8 Å². The van der Waals surface area contributed by atoms with Gasteiger partial charge in [0.1, 0.15) is 18.5 Å². The molecule has 2 rings (SSSR count). The van der Waals surface area contributed by atoms with Gasteiger partial charge in [0.2, 0.25) is 0 Å². The maximum atomic E-state index is 9.95. The van der Waals surface area contributed by atoms with Crippen LogP contribution < -0.4 is 4.74 Å². The van der Waals surface area contributed by atoms with Gasteiger partial charge in [0.15, 0.2) is 0 Å². The molecule has 1 aromatic carbocycles. The van der Waals surface area contributed by atoms with Crippen LogP contribution in [0.25, 0.3) is 0 Å². The van der Waals surface area contributed by atoms with Gasteiger partial charge >= 0.3 is 0 Å². The van der Waals surface area contributed by atoms with E-state index in [1.54, 1.807) is 24.3 Å². The number of ether oxygens (including phenoxy) is 1. The lowest BCUT2D eigenvalue weighted by atomic mass is 10.2. The zero-order valence-corrected chi connectivity index (χ0v) is 11.2. The molecule has 1 N–H and O–H groups in total. The van der Waals surface area contributed by atoms with Crippen LogP contribution in [0.4, 0.5) is 0 Å². The first kappa shape index (κ1) is 13.9. The van der Waals surface area contributed by atoms with Crippen LogP contribution in [0, 0.1) is 17.2 Å². The lowest BCUT2D eigenvalue weighted by Gasteiger charge is -2.20. The summed E-state index contributed by atoms with van der Waals surface area (Å²) >= 11 is 0. The summed E-state index contributed by atoms with van der Waals surface area (Å²) in [6.07, 6.45) is 0.716. The Kier molecular flexibility index (Phi) is 4.78. The summed E-state index contributed by atoms with van der Waals surface area (Å²) in [5.74, 6) is 1.35. The number of aliphatic hydroxyl groups is 1. The molecular formula is C15H20N2O2. The predicted octanol–water partition coefficient (Wildman–Crippen LogP) is 1.64. The van der Waals surface area contributed by atoms with E-state index < -0.39 is 6.10 Å². The number of likely N-dealkylation sites (tertiary alicyclic amines) is 1. The average molecular weight is 260 g/mol. The first-order valence-corrected chi connectivity index (χ1v) is 6.70. The zero-order chi connectivity index (χ0) is 13.7. The van der Waals surface area contributed by atoms with Gasteiger partial charge in [0, 0.05) is 13.1 Å². The molecule has 0 radical (unpaired) electrons. The third kappa shape index (κ3) is 4.23. The molecule has 102 valence electrons. The second-order valence-electron chi connectivity index (χ2n) is 5.26. The number of nitrogens with zero attached hydrogens (tertiary/aromatic N) is 2. The number of nitriles is 1. The van der Waals surface area contributed by atoms with Gasteiger partial charge in [-0.1, -0.05) is 13.0 Å². The second-order valence-corrected chi connectivity index (χ2v) is 5.26. The predicted molar refractivity (Wildman–Crippen MR) is 72.9 cm³/mol. The third-order valence-corrected chi connectivity index (χ3v) is 3.38. The Morgan fingerprint density at radius 3 is 3.11 bits per heavy atom. The van der Waals surface area contributed by atoms with Gasteiger partial charge in [-0.05, 0) is 37.1 Å². The van der Waals surface area contributed by atoms with E-state index in [1.165, 1.54) is 6.42 Å². The molecule has 1 fully saturated rings. The van der Waals surface area contributed by atoms with Crippen LogP contribution in [0.2, 0.25) is 0 Å². The summed E-state index contributed by atoms with van der Waals surface area (Å²) in [6, 6.07) is 9.06. The van der Waals surface area contributed by atoms with Crippen LogP contribution in [0.3, 0.4) is 0 Å². The van der Waals surface area contributed by atoms with Crippen LogP contribution in [-0.2, 0) is 0 Å². The van der Waals surface area contributed by atoms with E-state index in [2.05, 4.69) is 17.9 Å². The smallest absolute Gasteiger partial charge is 0.120 e. The first-order valence-electron chi connectivity index (χ1n) is 6.70. The second kappa shape index (κ2) is 6.55. The minimum absolute atomic E-state index is 0.264. The lowest BCUT2D eigenvalue weighted by Crippen LogP contribution is -2.34. The summed E-state index contributed by atoms with van der Waals surface area (Å²) in [6.45, 7) is 5.27. The first-order chi connectivity index (χ1) is 9.17. The standard InChI is InChI=1S/C15H20N2O2/c1-12-5-6-17(9-12)10-14(18)11-19-15-4-2-3-13(7-15)8-16/h2-4,7,12,14,18H,5-6,9-11H2,1H3. The zero-order valence-electron chi connectivity index (χ0n) is 11.2. The van der Waals surface area contributed by atoms with Crippen LogP contribution in [0.5, 0.6) is 5.75 Å². The third-order valence-electron chi connectivity index (χ3n) is 3.38. The van der Waals surface area contributed by atoms with E-state index in [9.17, 15) is 5.11 Å². The van der Waals surface area contributed by atoms with Crippen molar-refractivity contribution in [1.82, 2.24) is 4.90 Å². The summed E-state index contributed by atoms with van der Waals surface area (Å²) < 4.78 is 5.52. The highest BCUT2D eigenvalue weighted by molar-refractivity contribution is 5.36. The lowest BCUT2D eigenvalue weighted by molar-refractivity contribution is 0.0749. The van der Waals surface area contributed by atoms with Crippen molar-refractivity contribution in [2.75, 3.05) is 26.2 Å². The van der Waals surface area contributed by atoms with Crippen LogP contribution in [0.15, 0.2) is 24.3 Å². The number of hydrogen-bond acceptors (Lipinski definition) is 4. The van der Waals surface area contributed by atoms with Gasteiger partial charge in [-0.2, -0.15) is 5.26 Å². The molecule has 0 amide bonds. The molecule has 1 aliphatic rings. The maximum Gasteiger partial charge on any atom is 0.120 e. The summed E-state index contributed by atoms with van der Waals surface area (Å²) in [5.41, 5.74) is 0.570. The van der Waals surface area contributed by atoms with Gasteiger partial charge in [0.05, 0.1) is 11.6 Å². The van der Waals surface area contributed by atoms with E-state index in [0.717, 1.165) is 19.0 Å². The Hall–Kier alpha value is -1.57. The monoisotopic (exact) mass is 260 g/mol. The average Bonchev–Trinajstić information content (AvgIpc) is 2.82. The van der Waals surface area contributed by atoms with Crippen molar-refractivity contribution < 1.29 is 9.84 Å². The number of benzene rings is 1. The molecule has 0 aromatic heterocycles. The molecule has 19 heavy (non-hydrogen) atoms. The van der Waals surface area contributed by atoms with Gasteiger partial charge in [-0.3, -0.25) is 0 Å². The molecule has 2 atom stereocenters. The van der Waals surface area contributed by atoms with Crippen molar-refractivity contribution in [2.45, 2.75) is 19.4 Å². The molecule has 0 bridgehead atoms. The molecule has 1 aromatic rings. The number of rotatable bonds is 5. The Morgan fingerprint density at radius 1 is 1.58 bits per heavy atom. The van der Waals surface area contributed by atoms with Crippen molar-refractivity contribution in [3.63, 3.8) is 0 Å². The molecule has 4 heteroatoms. The Balaban J connectivity index is 1.76. The SMILES string of the molecule is CC1CCN(CC(O)COc2cccc(C#N)c2)C1. The van der Waals surface area contributed by atoms with E-state index in [-0.39, 0.29) is 6.61 Å².